The van der Waals surface area contributed by atoms with E-state index in [-0.39, 0.29) is 37.5 Å². The maximum atomic E-state index is 13.6. The maximum absolute atomic E-state index is 13.6. The summed E-state index contributed by atoms with van der Waals surface area (Å²) in [5.74, 6) is -0.462. The molecule has 0 radical (unpaired) electrons. The molecular weight excluding hydrogens is 289 g/mol. The number of rotatable bonds is 3. The van der Waals surface area contributed by atoms with Gasteiger partial charge in [-0.05, 0) is 32.6 Å². The van der Waals surface area contributed by atoms with Gasteiger partial charge in [-0.2, -0.15) is 0 Å². The smallest absolute Gasteiger partial charge is 0.270 e. The molecule has 2 fully saturated rings. The first kappa shape index (κ1) is 16.6. The average molecular weight is 311 g/mol. The van der Waals surface area contributed by atoms with E-state index in [2.05, 4.69) is 4.99 Å². The lowest BCUT2D eigenvalue weighted by molar-refractivity contribution is -0.131. The van der Waals surface area contributed by atoms with Crippen LogP contribution in [-0.4, -0.2) is 59.3 Å². The fourth-order valence-corrected chi connectivity index (χ4v) is 2.78. The standard InChI is InChI=1S/C15H22FN3O3/c1-9(20)7-18-12-4-2-3-10(12)14(17)15(22)19-6-5-13(21)11(16)8-19/h11,13,21H,2-8,17H2,1H3/b14-10-,18-12?. The van der Waals surface area contributed by atoms with Gasteiger partial charge in [-0.25, -0.2) is 4.39 Å². The first-order chi connectivity index (χ1) is 10.4. The number of hydrogen-bond acceptors (Lipinski definition) is 5. The van der Waals surface area contributed by atoms with Crippen molar-refractivity contribution in [2.24, 2.45) is 10.7 Å². The summed E-state index contributed by atoms with van der Waals surface area (Å²) < 4.78 is 13.6. The van der Waals surface area contributed by atoms with Crippen LogP contribution in [0.5, 0.6) is 0 Å². The average Bonchev–Trinajstić information content (AvgIpc) is 2.94. The summed E-state index contributed by atoms with van der Waals surface area (Å²) in [5.41, 5.74) is 7.43. The van der Waals surface area contributed by atoms with Crippen molar-refractivity contribution in [2.75, 3.05) is 19.6 Å². The van der Waals surface area contributed by atoms with Crippen LogP contribution in [0.4, 0.5) is 4.39 Å². The number of amides is 1. The fourth-order valence-electron chi connectivity index (χ4n) is 2.78. The number of alkyl halides is 1. The van der Waals surface area contributed by atoms with Gasteiger partial charge < -0.3 is 15.7 Å². The fraction of sp³-hybridized carbons (Fsp3) is 0.667. The van der Waals surface area contributed by atoms with Crippen molar-refractivity contribution >= 4 is 17.4 Å². The predicted molar refractivity (Wildman–Crippen MR) is 80.1 cm³/mol. The van der Waals surface area contributed by atoms with Crippen LogP contribution in [0.25, 0.3) is 0 Å². The van der Waals surface area contributed by atoms with Crippen molar-refractivity contribution in [3.8, 4) is 0 Å². The highest BCUT2D eigenvalue weighted by Gasteiger charge is 2.32. The number of aliphatic hydroxyl groups is 1. The van der Waals surface area contributed by atoms with Crippen molar-refractivity contribution in [1.29, 1.82) is 0 Å². The van der Waals surface area contributed by atoms with Gasteiger partial charge in [0, 0.05) is 17.8 Å². The molecular formula is C15H22FN3O3. The summed E-state index contributed by atoms with van der Waals surface area (Å²) in [6, 6.07) is 0. The van der Waals surface area contributed by atoms with Crippen LogP contribution < -0.4 is 5.73 Å². The number of Topliss-reactive ketones (excluding diaryl/α,β-unsaturated/α-hetero) is 1. The van der Waals surface area contributed by atoms with Gasteiger partial charge in [0.1, 0.15) is 11.9 Å². The van der Waals surface area contributed by atoms with E-state index in [4.69, 9.17) is 5.73 Å². The van der Waals surface area contributed by atoms with Crippen LogP contribution in [0.2, 0.25) is 0 Å². The van der Waals surface area contributed by atoms with E-state index in [1.807, 2.05) is 0 Å². The Labute approximate surface area is 128 Å². The molecule has 0 aromatic heterocycles. The molecule has 1 heterocycles. The summed E-state index contributed by atoms with van der Waals surface area (Å²) in [5, 5.41) is 9.38. The molecule has 0 aromatic rings. The molecule has 0 aromatic carbocycles. The molecule has 1 aliphatic heterocycles. The monoisotopic (exact) mass is 311 g/mol. The Kier molecular flexibility index (Phi) is 5.28. The number of piperidine rings is 1. The quantitative estimate of drug-likeness (QED) is 0.735. The number of aliphatic hydroxyl groups excluding tert-OH is 1. The lowest BCUT2D eigenvalue weighted by Crippen LogP contribution is -2.48. The van der Waals surface area contributed by atoms with E-state index in [1.165, 1.54) is 11.8 Å². The van der Waals surface area contributed by atoms with Crippen LogP contribution >= 0.6 is 0 Å². The van der Waals surface area contributed by atoms with Gasteiger partial charge in [0.05, 0.1) is 19.2 Å². The second-order valence-corrected chi connectivity index (χ2v) is 5.83. The summed E-state index contributed by atoms with van der Waals surface area (Å²) in [6.45, 7) is 1.68. The lowest BCUT2D eigenvalue weighted by atomic mass is 10.0. The largest absolute Gasteiger partial charge is 0.394 e. The molecule has 2 rings (SSSR count). The Morgan fingerprint density at radius 2 is 2.18 bits per heavy atom. The number of carbonyl (C=O) groups is 2. The molecule has 3 N–H and O–H groups in total. The zero-order valence-electron chi connectivity index (χ0n) is 12.7. The minimum absolute atomic E-state index is 0.0473. The van der Waals surface area contributed by atoms with E-state index in [1.54, 1.807) is 0 Å². The van der Waals surface area contributed by atoms with Crippen LogP contribution in [0.3, 0.4) is 0 Å². The molecule has 6 nitrogen and oxygen atoms in total. The Morgan fingerprint density at radius 3 is 2.82 bits per heavy atom. The third-order valence-electron chi connectivity index (χ3n) is 4.03. The highest BCUT2D eigenvalue weighted by molar-refractivity contribution is 6.09. The van der Waals surface area contributed by atoms with Gasteiger partial charge in [0.25, 0.3) is 5.91 Å². The van der Waals surface area contributed by atoms with E-state index < -0.39 is 18.2 Å². The van der Waals surface area contributed by atoms with Gasteiger partial charge in [0.2, 0.25) is 0 Å². The number of carbonyl (C=O) groups excluding carboxylic acids is 2. The molecule has 2 atom stereocenters. The molecule has 1 aliphatic carbocycles. The number of likely N-dealkylation sites (tertiary alicyclic amines) is 1. The zero-order valence-corrected chi connectivity index (χ0v) is 12.7. The topological polar surface area (TPSA) is 96.0 Å². The Balaban J connectivity index is 2.14. The van der Waals surface area contributed by atoms with Crippen LogP contribution in [-0.2, 0) is 9.59 Å². The Bertz CT molecular complexity index is 530. The normalized spacial score (nSPS) is 29.8. The predicted octanol–water partition coefficient (Wildman–Crippen LogP) is 0.344. The number of allylic oxidation sites excluding steroid dienone is 1. The Morgan fingerprint density at radius 1 is 1.45 bits per heavy atom. The van der Waals surface area contributed by atoms with Gasteiger partial charge in [-0.15, -0.1) is 0 Å². The molecule has 0 bridgehead atoms. The maximum Gasteiger partial charge on any atom is 0.270 e. The summed E-state index contributed by atoms with van der Waals surface area (Å²) >= 11 is 0. The van der Waals surface area contributed by atoms with Crippen LogP contribution in [0.15, 0.2) is 16.3 Å². The minimum Gasteiger partial charge on any atom is -0.394 e. The number of hydrogen-bond donors (Lipinski definition) is 2. The van der Waals surface area contributed by atoms with Crippen molar-refractivity contribution in [2.45, 2.75) is 44.9 Å². The molecule has 2 aliphatic rings. The zero-order chi connectivity index (χ0) is 16.3. The molecule has 7 heteroatoms. The molecule has 1 amide bonds. The van der Waals surface area contributed by atoms with E-state index in [0.717, 1.165) is 6.42 Å². The highest BCUT2D eigenvalue weighted by atomic mass is 19.1. The SMILES string of the molecule is CC(=O)CN=C1CCC/C1=C(/N)C(=O)N1CCC(O)C(F)C1. The number of nitrogens with two attached hydrogens (primary N) is 1. The van der Waals surface area contributed by atoms with Crippen LogP contribution in [0.1, 0.15) is 32.6 Å². The third-order valence-corrected chi connectivity index (χ3v) is 4.03. The molecule has 0 spiro atoms. The van der Waals surface area contributed by atoms with Crippen molar-refractivity contribution in [1.82, 2.24) is 4.90 Å². The molecule has 2 unspecified atom stereocenters. The molecule has 22 heavy (non-hydrogen) atoms. The van der Waals surface area contributed by atoms with Crippen LogP contribution in [0, 0.1) is 0 Å². The number of aliphatic imine (C=N–C) groups is 1. The highest BCUT2D eigenvalue weighted by Crippen LogP contribution is 2.25. The second kappa shape index (κ2) is 7.00. The molecule has 1 saturated heterocycles. The lowest BCUT2D eigenvalue weighted by Gasteiger charge is -2.32. The number of nitrogens with zero attached hydrogens (tertiary/aromatic N) is 2. The van der Waals surface area contributed by atoms with Gasteiger partial charge in [0.15, 0.2) is 5.78 Å². The number of halogens is 1. The van der Waals surface area contributed by atoms with Crippen molar-refractivity contribution in [3.05, 3.63) is 11.3 Å². The van der Waals surface area contributed by atoms with Crippen molar-refractivity contribution in [3.63, 3.8) is 0 Å². The van der Waals surface area contributed by atoms with Gasteiger partial charge in [-0.3, -0.25) is 14.6 Å². The Hall–Kier alpha value is -1.76. The number of ketones is 1. The first-order valence-electron chi connectivity index (χ1n) is 7.53. The van der Waals surface area contributed by atoms with Gasteiger partial charge >= 0.3 is 0 Å². The summed E-state index contributed by atoms with van der Waals surface area (Å²) in [7, 11) is 0. The molecule has 1 saturated carbocycles. The van der Waals surface area contributed by atoms with E-state index in [0.29, 0.717) is 24.1 Å². The third kappa shape index (κ3) is 3.71. The minimum atomic E-state index is -1.44. The van der Waals surface area contributed by atoms with Gasteiger partial charge in [-0.1, -0.05) is 0 Å². The van der Waals surface area contributed by atoms with E-state index >= 15 is 0 Å². The summed E-state index contributed by atoms with van der Waals surface area (Å²) in [6.07, 6.45) is -0.0714. The second-order valence-electron chi connectivity index (χ2n) is 5.83. The van der Waals surface area contributed by atoms with Crippen molar-refractivity contribution < 1.29 is 19.1 Å². The summed E-state index contributed by atoms with van der Waals surface area (Å²) in [4.78, 5) is 29.0. The van der Waals surface area contributed by atoms with E-state index in [9.17, 15) is 19.1 Å². The first-order valence-corrected chi connectivity index (χ1v) is 7.53. The molecule has 122 valence electrons.